The zero-order valence-electron chi connectivity index (χ0n) is 17.3. The van der Waals surface area contributed by atoms with E-state index < -0.39 is 10.0 Å². The highest BCUT2D eigenvalue weighted by Crippen LogP contribution is 2.27. The van der Waals surface area contributed by atoms with Crippen LogP contribution in [0.25, 0.3) is 11.3 Å². The van der Waals surface area contributed by atoms with Gasteiger partial charge < -0.3 is 4.74 Å². The number of ether oxygens (including phenoxy) is 1. The molecule has 0 spiro atoms. The minimum absolute atomic E-state index is 0.196. The molecule has 30 heavy (non-hydrogen) atoms. The first kappa shape index (κ1) is 22.1. The van der Waals surface area contributed by atoms with Crippen LogP contribution in [0.15, 0.2) is 53.4 Å². The number of rotatable bonds is 7. The van der Waals surface area contributed by atoms with Gasteiger partial charge in [0.2, 0.25) is 5.88 Å². The van der Waals surface area contributed by atoms with E-state index in [1.54, 1.807) is 56.3 Å². The lowest BCUT2D eigenvalue weighted by Crippen LogP contribution is -2.14. The summed E-state index contributed by atoms with van der Waals surface area (Å²) in [6, 6.07) is 13.8. The SMILES string of the molecule is Cc1cc(S(=O)(=O)Nc2cccc(-c3ccc(OCC(C)C)nn3)c2)c(C)cc1Cl. The molecule has 1 aromatic heterocycles. The molecule has 0 bridgehead atoms. The van der Waals surface area contributed by atoms with Crippen LogP contribution in [0.5, 0.6) is 5.88 Å². The average Bonchev–Trinajstić information content (AvgIpc) is 2.69. The molecule has 1 heterocycles. The monoisotopic (exact) mass is 445 g/mol. The molecular formula is C22H24ClN3O3S. The van der Waals surface area contributed by atoms with Gasteiger partial charge in [-0.2, -0.15) is 0 Å². The Hall–Kier alpha value is -2.64. The molecule has 1 N–H and O–H groups in total. The van der Waals surface area contributed by atoms with Crippen LogP contribution in [0, 0.1) is 19.8 Å². The van der Waals surface area contributed by atoms with E-state index in [-0.39, 0.29) is 4.90 Å². The topological polar surface area (TPSA) is 81.2 Å². The third-order valence-corrected chi connectivity index (χ3v) is 6.29. The number of aryl methyl sites for hydroxylation is 2. The van der Waals surface area contributed by atoms with E-state index in [0.717, 1.165) is 5.56 Å². The maximum atomic E-state index is 12.9. The maximum absolute atomic E-state index is 12.9. The Kier molecular flexibility index (Phi) is 6.63. The van der Waals surface area contributed by atoms with Gasteiger partial charge in [0, 0.05) is 22.3 Å². The normalized spacial score (nSPS) is 11.5. The first-order valence-corrected chi connectivity index (χ1v) is 11.4. The van der Waals surface area contributed by atoms with E-state index in [2.05, 4.69) is 28.8 Å². The second-order valence-corrected chi connectivity index (χ2v) is 9.57. The number of hydrogen-bond donors (Lipinski definition) is 1. The minimum Gasteiger partial charge on any atom is -0.476 e. The summed E-state index contributed by atoms with van der Waals surface area (Å²) < 4.78 is 34.0. The largest absolute Gasteiger partial charge is 0.476 e. The molecule has 0 fully saturated rings. The molecule has 0 saturated heterocycles. The molecule has 158 valence electrons. The van der Waals surface area contributed by atoms with Crippen LogP contribution in [-0.2, 0) is 10.0 Å². The van der Waals surface area contributed by atoms with Gasteiger partial charge in [0.1, 0.15) is 0 Å². The van der Waals surface area contributed by atoms with Gasteiger partial charge in [-0.1, -0.05) is 37.6 Å². The number of halogens is 1. The zero-order chi connectivity index (χ0) is 21.9. The smallest absolute Gasteiger partial charge is 0.262 e. The summed E-state index contributed by atoms with van der Waals surface area (Å²) in [5.41, 5.74) is 3.07. The van der Waals surface area contributed by atoms with Crippen molar-refractivity contribution in [2.24, 2.45) is 5.92 Å². The summed E-state index contributed by atoms with van der Waals surface area (Å²) >= 11 is 6.09. The summed E-state index contributed by atoms with van der Waals surface area (Å²) in [7, 11) is -3.77. The van der Waals surface area contributed by atoms with Crippen LogP contribution in [0.4, 0.5) is 5.69 Å². The molecule has 0 atom stereocenters. The molecule has 0 aliphatic heterocycles. The van der Waals surface area contributed by atoms with Gasteiger partial charge in [0.25, 0.3) is 10.0 Å². The van der Waals surface area contributed by atoms with Crippen molar-refractivity contribution in [1.82, 2.24) is 10.2 Å². The number of sulfonamides is 1. The van der Waals surface area contributed by atoms with Crippen LogP contribution in [0.1, 0.15) is 25.0 Å². The first-order chi connectivity index (χ1) is 14.2. The van der Waals surface area contributed by atoms with Crippen molar-refractivity contribution >= 4 is 27.3 Å². The van der Waals surface area contributed by atoms with Gasteiger partial charge in [-0.15, -0.1) is 10.2 Å². The van der Waals surface area contributed by atoms with Crippen molar-refractivity contribution < 1.29 is 13.2 Å². The summed E-state index contributed by atoms with van der Waals surface area (Å²) in [5, 5.41) is 8.81. The van der Waals surface area contributed by atoms with Crippen LogP contribution >= 0.6 is 11.6 Å². The Bertz CT molecular complexity index is 1150. The number of anilines is 1. The molecule has 2 aromatic carbocycles. The minimum atomic E-state index is -3.77. The van der Waals surface area contributed by atoms with Gasteiger partial charge in [-0.25, -0.2) is 8.42 Å². The van der Waals surface area contributed by atoms with Gasteiger partial charge in [0.15, 0.2) is 0 Å². The summed E-state index contributed by atoms with van der Waals surface area (Å²) in [5.74, 6) is 0.849. The fourth-order valence-electron chi connectivity index (χ4n) is 2.80. The molecule has 3 rings (SSSR count). The Labute approximate surface area is 182 Å². The van der Waals surface area contributed by atoms with Gasteiger partial charge in [0.05, 0.1) is 17.2 Å². The molecule has 6 nitrogen and oxygen atoms in total. The van der Waals surface area contributed by atoms with Crippen molar-refractivity contribution in [1.29, 1.82) is 0 Å². The fraction of sp³-hybridized carbons (Fsp3) is 0.273. The van der Waals surface area contributed by atoms with Gasteiger partial charge in [-0.3, -0.25) is 4.72 Å². The second kappa shape index (κ2) is 9.02. The number of benzene rings is 2. The highest BCUT2D eigenvalue weighted by molar-refractivity contribution is 7.92. The van der Waals surface area contributed by atoms with Crippen LogP contribution in [0.3, 0.4) is 0 Å². The fourth-order valence-corrected chi connectivity index (χ4v) is 4.38. The quantitative estimate of drug-likeness (QED) is 0.537. The average molecular weight is 446 g/mol. The third-order valence-electron chi connectivity index (χ3n) is 4.36. The van der Waals surface area contributed by atoms with E-state index >= 15 is 0 Å². The molecule has 0 aliphatic rings. The van der Waals surface area contributed by atoms with Crippen molar-refractivity contribution in [3.63, 3.8) is 0 Å². The van der Waals surface area contributed by atoms with E-state index in [1.165, 1.54) is 0 Å². The molecule has 3 aromatic rings. The molecule has 0 amide bonds. The van der Waals surface area contributed by atoms with Gasteiger partial charge >= 0.3 is 0 Å². The lowest BCUT2D eigenvalue weighted by molar-refractivity contribution is 0.258. The van der Waals surface area contributed by atoms with Crippen molar-refractivity contribution in [2.75, 3.05) is 11.3 Å². The van der Waals surface area contributed by atoms with Crippen molar-refractivity contribution in [3.8, 4) is 17.1 Å². The Balaban J connectivity index is 1.83. The van der Waals surface area contributed by atoms with Crippen LogP contribution in [-0.4, -0.2) is 25.2 Å². The summed E-state index contributed by atoms with van der Waals surface area (Å²) in [6.07, 6.45) is 0. The molecule has 0 unspecified atom stereocenters. The van der Waals surface area contributed by atoms with E-state index in [0.29, 0.717) is 45.9 Å². The predicted molar refractivity (Wildman–Crippen MR) is 120 cm³/mol. The Morgan fingerprint density at radius 3 is 2.47 bits per heavy atom. The Morgan fingerprint density at radius 2 is 1.80 bits per heavy atom. The molecule has 0 aliphatic carbocycles. The zero-order valence-corrected chi connectivity index (χ0v) is 18.9. The first-order valence-electron chi connectivity index (χ1n) is 9.52. The number of hydrogen-bond acceptors (Lipinski definition) is 5. The molecule has 0 saturated carbocycles. The highest BCUT2D eigenvalue weighted by atomic mass is 35.5. The molecule has 8 heteroatoms. The molecule has 0 radical (unpaired) electrons. The summed E-state index contributed by atoms with van der Waals surface area (Å²) in [4.78, 5) is 0.196. The molecular weight excluding hydrogens is 422 g/mol. The predicted octanol–water partition coefficient (Wildman–Crippen LogP) is 5.25. The van der Waals surface area contributed by atoms with Crippen molar-refractivity contribution in [2.45, 2.75) is 32.6 Å². The third kappa shape index (κ3) is 5.29. The lowest BCUT2D eigenvalue weighted by atomic mass is 10.1. The highest BCUT2D eigenvalue weighted by Gasteiger charge is 2.19. The summed E-state index contributed by atoms with van der Waals surface area (Å²) in [6.45, 7) is 8.17. The van der Waals surface area contributed by atoms with Crippen molar-refractivity contribution in [3.05, 3.63) is 64.7 Å². The van der Waals surface area contributed by atoms with Gasteiger partial charge in [-0.05, 0) is 61.2 Å². The maximum Gasteiger partial charge on any atom is 0.262 e. The standard InChI is InChI=1S/C22H24ClN3O3S/c1-14(2)13-29-22-9-8-20(24-25-22)17-6-5-7-18(12-17)26-30(27,28)21-11-15(3)19(23)10-16(21)4/h5-12,14,26H,13H2,1-4H3. The van der Waals surface area contributed by atoms with E-state index in [9.17, 15) is 8.42 Å². The van der Waals surface area contributed by atoms with Crippen LogP contribution < -0.4 is 9.46 Å². The Morgan fingerprint density at radius 1 is 1.03 bits per heavy atom. The van der Waals surface area contributed by atoms with Crippen LogP contribution in [0.2, 0.25) is 5.02 Å². The van der Waals surface area contributed by atoms with E-state index in [1.807, 2.05) is 6.07 Å². The van der Waals surface area contributed by atoms with E-state index in [4.69, 9.17) is 16.3 Å². The lowest BCUT2D eigenvalue weighted by Gasteiger charge is -2.13. The number of nitrogens with zero attached hydrogens (tertiary/aromatic N) is 2. The number of nitrogens with one attached hydrogen (secondary N) is 1. The number of aromatic nitrogens is 2. The second-order valence-electron chi connectivity index (χ2n) is 7.51.